The van der Waals surface area contributed by atoms with Gasteiger partial charge in [-0.2, -0.15) is 5.26 Å². The predicted molar refractivity (Wildman–Crippen MR) is 181 cm³/mol. The fraction of sp³-hybridized carbons (Fsp3) is 0.306. The van der Waals surface area contributed by atoms with Gasteiger partial charge in [-0.05, 0) is 41.0 Å². The summed E-state index contributed by atoms with van der Waals surface area (Å²) in [5.74, 6) is 1.10. The molecule has 4 atom stereocenters. The van der Waals surface area contributed by atoms with Crippen molar-refractivity contribution in [2.24, 2.45) is 0 Å². The van der Waals surface area contributed by atoms with Crippen molar-refractivity contribution in [2.45, 2.75) is 43.5 Å². The number of ether oxygens (including phenoxy) is 5. The number of carbonyl (C=O) groups is 1. The van der Waals surface area contributed by atoms with Crippen LogP contribution in [-0.4, -0.2) is 76.3 Å². The highest BCUT2D eigenvalue weighted by Crippen LogP contribution is 2.43. The van der Waals surface area contributed by atoms with E-state index in [2.05, 4.69) is 20.3 Å². The molecule has 0 radical (unpaired) electrons. The molecule has 50 heavy (non-hydrogen) atoms. The van der Waals surface area contributed by atoms with Gasteiger partial charge >= 0.3 is 5.69 Å². The second-order valence-corrected chi connectivity index (χ2v) is 11.6. The lowest BCUT2D eigenvalue weighted by molar-refractivity contribution is -0.114. The summed E-state index contributed by atoms with van der Waals surface area (Å²) < 4.78 is 31.8. The maximum absolute atomic E-state index is 13.4. The Bertz CT molecular complexity index is 1980. The summed E-state index contributed by atoms with van der Waals surface area (Å²) >= 11 is 0. The molecule has 6 rings (SSSR count). The average molecular weight is 681 g/mol. The number of carbonyl (C=O) groups excluding carboxylic acids is 1. The first-order chi connectivity index (χ1) is 24.3. The molecule has 1 aliphatic rings. The molecular weight excluding hydrogens is 644 g/mol. The Balaban J connectivity index is 1.42. The molecule has 0 aliphatic carbocycles. The van der Waals surface area contributed by atoms with Gasteiger partial charge in [0.25, 0.3) is 0 Å². The maximum Gasteiger partial charge on any atom is 0.329 e. The van der Waals surface area contributed by atoms with Crippen molar-refractivity contribution in [2.75, 3.05) is 32.8 Å². The first-order valence-electron chi connectivity index (χ1n) is 15.8. The zero-order chi connectivity index (χ0) is 35.3. The van der Waals surface area contributed by atoms with E-state index in [1.54, 1.807) is 14.2 Å². The second kappa shape index (κ2) is 14.9. The van der Waals surface area contributed by atoms with Crippen molar-refractivity contribution in [1.82, 2.24) is 19.5 Å². The Hall–Kier alpha value is -5.59. The van der Waals surface area contributed by atoms with Crippen molar-refractivity contribution < 1.29 is 33.6 Å². The van der Waals surface area contributed by atoms with Gasteiger partial charge in [0, 0.05) is 13.3 Å². The highest BCUT2D eigenvalue weighted by Gasteiger charge is 2.44. The van der Waals surface area contributed by atoms with E-state index in [-0.39, 0.29) is 35.9 Å². The SMILES string of the molecule is COc1ccc(C(OC[C@H]2O[C@@H](n3c(=O)[nH]c4c(NC(C)=O)ncnc43)CC2OC(C#N)CO)(c2ccccc2)c2ccc(OC)cc2)cc1. The number of amides is 1. The van der Waals surface area contributed by atoms with E-state index in [1.165, 1.54) is 17.8 Å². The molecule has 1 amide bonds. The first kappa shape index (κ1) is 34.3. The molecule has 2 aromatic heterocycles. The average Bonchev–Trinajstić information content (AvgIpc) is 3.71. The summed E-state index contributed by atoms with van der Waals surface area (Å²) in [4.78, 5) is 36.2. The molecule has 14 heteroatoms. The lowest BCUT2D eigenvalue weighted by atomic mass is 9.80. The van der Waals surface area contributed by atoms with Gasteiger partial charge in [-0.1, -0.05) is 54.6 Å². The van der Waals surface area contributed by atoms with Crippen LogP contribution in [0.15, 0.2) is 90.0 Å². The van der Waals surface area contributed by atoms with E-state index in [0.29, 0.717) is 11.5 Å². The molecule has 3 heterocycles. The van der Waals surface area contributed by atoms with E-state index < -0.39 is 42.4 Å². The van der Waals surface area contributed by atoms with Crippen molar-refractivity contribution >= 4 is 22.9 Å². The van der Waals surface area contributed by atoms with Gasteiger partial charge in [-0.3, -0.25) is 4.79 Å². The van der Waals surface area contributed by atoms with Crippen molar-refractivity contribution in [3.63, 3.8) is 0 Å². The van der Waals surface area contributed by atoms with Crippen LogP contribution in [-0.2, 0) is 24.6 Å². The topological polar surface area (TPSA) is 183 Å². The number of aliphatic hydroxyl groups excluding tert-OH is 1. The van der Waals surface area contributed by atoms with E-state index >= 15 is 0 Å². The molecular formula is C36H36N6O8. The lowest BCUT2D eigenvalue weighted by Crippen LogP contribution is -2.39. The summed E-state index contributed by atoms with van der Waals surface area (Å²) in [6.45, 7) is 0.716. The molecule has 0 spiro atoms. The quantitative estimate of drug-likeness (QED) is 0.154. The highest BCUT2D eigenvalue weighted by molar-refractivity contribution is 5.95. The Morgan fingerprint density at radius 3 is 2.22 bits per heavy atom. The zero-order valence-corrected chi connectivity index (χ0v) is 27.6. The standard InChI is InChI=1S/C36H36N6O8/c1-22(44)40-33-32-34(39-21-38-33)42(35(45)41-32)31-17-29(49-28(18-37)19-43)30(50-31)20-48-36(23-7-5-4-6-8-23,24-9-13-26(46-2)14-10-24)25-11-15-27(47-3)16-12-25/h4-16,21,28-31,43H,17,19-20H2,1-3H3,(H,41,45)(H,38,39,40,44)/t28?,29?,30-,31-/m1/s1. The number of aliphatic hydroxyl groups is 1. The fourth-order valence-corrected chi connectivity index (χ4v) is 6.22. The number of fused-ring (bicyclic) bond motifs is 1. The molecule has 3 aromatic carbocycles. The van der Waals surface area contributed by atoms with E-state index in [1.807, 2.05) is 84.9 Å². The smallest absolute Gasteiger partial charge is 0.329 e. The second-order valence-electron chi connectivity index (χ2n) is 11.6. The van der Waals surface area contributed by atoms with Crippen LogP contribution < -0.4 is 20.5 Å². The number of aromatic nitrogens is 4. The zero-order valence-electron chi connectivity index (χ0n) is 27.6. The highest BCUT2D eigenvalue weighted by atomic mass is 16.6. The van der Waals surface area contributed by atoms with Crippen molar-refractivity contribution in [3.8, 4) is 17.6 Å². The number of rotatable bonds is 13. The van der Waals surface area contributed by atoms with Crippen molar-refractivity contribution in [3.05, 3.63) is 112 Å². The number of aromatic amines is 1. The summed E-state index contributed by atoms with van der Waals surface area (Å²) in [7, 11) is 3.19. The molecule has 258 valence electrons. The van der Waals surface area contributed by atoms with E-state index in [9.17, 15) is 20.0 Å². The van der Waals surface area contributed by atoms with Crippen LogP contribution in [0.25, 0.3) is 11.2 Å². The van der Waals surface area contributed by atoms with Crippen LogP contribution in [0.1, 0.15) is 36.3 Å². The normalized spacial score (nSPS) is 18.0. The number of nitrogens with one attached hydrogen (secondary N) is 2. The summed E-state index contributed by atoms with van der Waals surface area (Å²) in [6.07, 6.45) is -2.33. The Kier molecular flexibility index (Phi) is 10.2. The van der Waals surface area contributed by atoms with Crippen LogP contribution in [0.5, 0.6) is 11.5 Å². The molecule has 0 saturated carbocycles. The number of hydrogen-bond acceptors (Lipinski definition) is 11. The molecule has 3 N–H and O–H groups in total. The molecule has 0 bridgehead atoms. The Morgan fingerprint density at radius 2 is 1.66 bits per heavy atom. The number of methoxy groups -OCH3 is 2. The lowest BCUT2D eigenvalue weighted by Gasteiger charge is -2.37. The van der Waals surface area contributed by atoms with Crippen LogP contribution in [0, 0.1) is 11.3 Å². The minimum Gasteiger partial charge on any atom is -0.497 e. The number of imidazole rings is 1. The van der Waals surface area contributed by atoms with Crippen molar-refractivity contribution in [1.29, 1.82) is 5.26 Å². The third-order valence-corrected chi connectivity index (χ3v) is 8.56. The molecule has 1 aliphatic heterocycles. The van der Waals surface area contributed by atoms with Crippen LogP contribution >= 0.6 is 0 Å². The van der Waals surface area contributed by atoms with Gasteiger partial charge in [-0.25, -0.2) is 19.3 Å². The minimum absolute atomic E-state index is 0.0685. The number of hydrogen-bond donors (Lipinski definition) is 3. The van der Waals surface area contributed by atoms with Gasteiger partial charge < -0.3 is 39.1 Å². The third kappa shape index (κ3) is 6.67. The monoisotopic (exact) mass is 680 g/mol. The van der Waals surface area contributed by atoms with Gasteiger partial charge in [-0.15, -0.1) is 0 Å². The van der Waals surface area contributed by atoms with E-state index in [4.69, 9.17) is 23.7 Å². The van der Waals surface area contributed by atoms with Gasteiger partial charge in [0.15, 0.2) is 17.6 Å². The Morgan fingerprint density at radius 1 is 1.04 bits per heavy atom. The van der Waals surface area contributed by atoms with Gasteiger partial charge in [0.05, 0.1) is 39.6 Å². The maximum atomic E-state index is 13.4. The first-order valence-corrected chi connectivity index (χ1v) is 15.8. The number of benzene rings is 3. The van der Waals surface area contributed by atoms with Crippen LogP contribution in [0.2, 0.25) is 0 Å². The van der Waals surface area contributed by atoms with Crippen LogP contribution in [0.3, 0.4) is 0 Å². The summed E-state index contributed by atoms with van der Waals surface area (Å²) in [5.41, 5.74) is 1.10. The van der Waals surface area contributed by atoms with Gasteiger partial charge in [0.1, 0.15) is 41.3 Å². The summed E-state index contributed by atoms with van der Waals surface area (Å²) in [5, 5.41) is 22.1. The third-order valence-electron chi connectivity index (χ3n) is 8.56. The number of anilines is 1. The molecule has 2 unspecified atom stereocenters. The largest absolute Gasteiger partial charge is 0.497 e. The molecule has 5 aromatic rings. The fourth-order valence-electron chi connectivity index (χ4n) is 6.22. The molecule has 1 fully saturated rings. The van der Waals surface area contributed by atoms with E-state index in [0.717, 1.165) is 16.7 Å². The number of H-pyrrole nitrogens is 1. The minimum atomic E-state index is -1.19. The number of nitriles is 1. The summed E-state index contributed by atoms with van der Waals surface area (Å²) in [6, 6.07) is 26.8. The Labute approximate surface area is 287 Å². The molecule has 14 nitrogen and oxygen atoms in total. The van der Waals surface area contributed by atoms with Gasteiger partial charge in [0.2, 0.25) is 5.91 Å². The molecule has 1 saturated heterocycles. The predicted octanol–water partition coefficient (Wildman–Crippen LogP) is 3.66. The van der Waals surface area contributed by atoms with Crippen LogP contribution in [0.4, 0.5) is 5.82 Å². The number of nitrogens with zero attached hydrogens (tertiary/aromatic N) is 4.